The highest BCUT2D eigenvalue weighted by Gasteiger charge is 2.42. The first-order valence-electron chi connectivity index (χ1n) is 8.76. The van der Waals surface area contributed by atoms with Crippen molar-refractivity contribution in [2.75, 3.05) is 0 Å². The molecule has 4 unspecified atom stereocenters. The zero-order valence-corrected chi connectivity index (χ0v) is 15.2. The van der Waals surface area contributed by atoms with E-state index in [0.717, 1.165) is 38.5 Å². The molecule has 6 heteroatoms. The molecule has 0 aromatic carbocycles. The van der Waals surface area contributed by atoms with Crippen LogP contribution in [0.2, 0.25) is 0 Å². The van der Waals surface area contributed by atoms with Crippen LogP contribution in [0, 0.1) is 11.8 Å². The van der Waals surface area contributed by atoms with Gasteiger partial charge in [-0.3, -0.25) is 9.52 Å². The van der Waals surface area contributed by atoms with Gasteiger partial charge in [-0.1, -0.05) is 25.2 Å². The van der Waals surface area contributed by atoms with Gasteiger partial charge < -0.3 is 4.74 Å². The van der Waals surface area contributed by atoms with Gasteiger partial charge in [0.2, 0.25) is 5.91 Å². The molecule has 0 heterocycles. The molecule has 24 heavy (non-hydrogen) atoms. The van der Waals surface area contributed by atoms with Crippen molar-refractivity contribution in [3.63, 3.8) is 0 Å². The number of carbonyl (C=O) groups is 2. The van der Waals surface area contributed by atoms with E-state index in [1.54, 1.807) is 13.0 Å². The van der Waals surface area contributed by atoms with E-state index < -0.39 is 11.0 Å². The van der Waals surface area contributed by atoms with E-state index in [4.69, 9.17) is 4.74 Å². The summed E-state index contributed by atoms with van der Waals surface area (Å²) in [6.07, 6.45) is 12.3. The standard InChI is InChI=1S/C18H27NO4S/c1-3-7-17(20)23-14(4-2)9-6-5-8-13-12-16(13)18(21)19-24(22)15-10-11-15/h3,5,7-8,13-16H,4,6,9-12H2,1-2H3,(H,19,21)/b7-3+,8-5-. The van der Waals surface area contributed by atoms with Gasteiger partial charge in [0.1, 0.15) is 17.1 Å². The molecule has 0 aromatic rings. The molecule has 2 saturated carbocycles. The second-order valence-corrected chi connectivity index (χ2v) is 7.91. The SMILES string of the molecule is C/C=C/C(=O)OC(CC)CC/C=C\C1CC1C(=O)NS(=O)C1CC1. The monoisotopic (exact) mass is 353 g/mol. The number of ether oxygens (including phenoxy) is 1. The molecular weight excluding hydrogens is 326 g/mol. The highest BCUT2D eigenvalue weighted by molar-refractivity contribution is 7.84. The van der Waals surface area contributed by atoms with Gasteiger partial charge in [-0.2, -0.15) is 0 Å². The third kappa shape index (κ3) is 6.23. The number of esters is 1. The number of amides is 1. The average molecular weight is 353 g/mol. The quantitative estimate of drug-likeness (QED) is 0.372. The van der Waals surface area contributed by atoms with Crippen LogP contribution in [-0.4, -0.2) is 27.4 Å². The normalized spacial score (nSPS) is 25.6. The Kier molecular flexibility index (Phi) is 7.21. The Balaban J connectivity index is 1.63. The van der Waals surface area contributed by atoms with Crippen molar-refractivity contribution in [1.82, 2.24) is 4.72 Å². The molecule has 2 aliphatic rings. The molecule has 0 spiro atoms. The van der Waals surface area contributed by atoms with Crippen LogP contribution in [0.1, 0.15) is 52.4 Å². The molecule has 0 saturated heterocycles. The predicted molar refractivity (Wildman–Crippen MR) is 94.3 cm³/mol. The second-order valence-electron chi connectivity index (χ2n) is 6.44. The number of allylic oxidation sites excluding steroid dienone is 3. The van der Waals surface area contributed by atoms with Crippen molar-refractivity contribution in [2.45, 2.75) is 63.7 Å². The summed E-state index contributed by atoms with van der Waals surface area (Å²) in [6.45, 7) is 3.78. The van der Waals surface area contributed by atoms with Crippen molar-refractivity contribution in [2.24, 2.45) is 11.8 Å². The van der Waals surface area contributed by atoms with Crippen LogP contribution in [0.4, 0.5) is 0 Å². The summed E-state index contributed by atoms with van der Waals surface area (Å²) in [6, 6.07) is 0. The third-order valence-electron chi connectivity index (χ3n) is 4.28. The van der Waals surface area contributed by atoms with E-state index in [1.165, 1.54) is 6.08 Å². The Morgan fingerprint density at radius 3 is 2.75 bits per heavy atom. The molecule has 1 N–H and O–H groups in total. The molecule has 2 rings (SSSR count). The fourth-order valence-corrected chi connectivity index (χ4v) is 3.59. The maximum atomic E-state index is 11.9. The zero-order valence-electron chi connectivity index (χ0n) is 14.4. The molecule has 0 radical (unpaired) electrons. The van der Waals surface area contributed by atoms with Gasteiger partial charge in [0.25, 0.3) is 0 Å². The average Bonchev–Trinajstić information content (AvgIpc) is 3.44. The lowest BCUT2D eigenvalue weighted by atomic mass is 10.1. The van der Waals surface area contributed by atoms with Crippen molar-refractivity contribution in [3.05, 3.63) is 24.3 Å². The van der Waals surface area contributed by atoms with Crippen molar-refractivity contribution in [3.8, 4) is 0 Å². The fourth-order valence-electron chi connectivity index (χ4n) is 2.51. The Morgan fingerprint density at radius 2 is 2.12 bits per heavy atom. The van der Waals surface area contributed by atoms with E-state index in [0.29, 0.717) is 0 Å². The van der Waals surface area contributed by atoms with Gasteiger partial charge in [0, 0.05) is 12.0 Å². The first-order chi connectivity index (χ1) is 11.5. The minimum absolute atomic E-state index is 0.0292. The molecular formula is C18H27NO4S. The van der Waals surface area contributed by atoms with Gasteiger partial charge in [-0.05, 0) is 51.4 Å². The number of carbonyl (C=O) groups excluding carboxylic acids is 2. The molecule has 134 valence electrons. The van der Waals surface area contributed by atoms with Crippen LogP contribution in [0.15, 0.2) is 24.3 Å². The van der Waals surface area contributed by atoms with Crippen LogP contribution in [0.5, 0.6) is 0 Å². The number of rotatable bonds is 10. The van der Waals surface area contributed by atoms with E-state index >= 15 is 0 Å². The van der Waals surface area contributed by atoms with Crippen LogP contribution < -0.4 is 4.72 Å². The van der Waals surface area contributed by atoms with Crippen LogP contribution in [0.25, 0.3) is 0 Å². The summed E-state index contributed by atoms with van der Waals surface area (Å²) in [5.74, 6) is -0.150. The first-order valence-corrected chi connectivity index (χ1v) is 9.97. The van der Waals surface area contributed by atoms with Crippen molar-refractivity contribution >= 4 is 22.9 Å². The first kappa shape index (κ1) is 18.9. The lowest BCUT2D eigenvalue weighted by Gasteiger charge is -2.13. The predicted octanol–water partition coefficient (Wildman–Crippen LogP) is 2.80. The summed E-state index contributed by atoms with van der Waals surface area (Å²) in [5, 5.41) is 0.179. The maximum Gasteiger partial charge on any atom is 0.330 e. The summed E-state index contributed by atoms with van der Waals surface area (Å²) in [4.78, 5) is 23.4. The van der Waals surface area contributed by atoms with Crippen LogP contribution >= 0.6 is 0 Å². The second kappa shape index (κ2) is 9.16. The van der Waals surface area contributed by atoms with E-state index in [1.807, 2.05) is 6.92 Å². The Labute approximate surface area is 146 Å². The molecule has 2 aliphatic carbocycles. The van der Waals surface area contributed by atoms with E-state index in [2.05, 4.69) is 16.9 Å². The topological polar surface area (TPSA) is 72.5 Å². The van der Waals surface area contributed by atoms with Gasteiger partial charge in [-0.15, -0.1) is 0 Å². The number of hydrogen-bond acceptors (Lipinski definition) is 4. The highest BCUT2D eigenvalue weighted by Crippen LogP contribution is 2.40. The lowest BCUT2D eigenvalue weighted by Crippen LogP contribution is -2.29. The maximum absolute atomic E-state index is 11.9. The van der Waals surface area contributed by atoms with Crippen molar-refractivity contribution < 1.29 is 18.5 Å². The minimum Gasteiger partial charge on any atom is -0.459 e. The third-order valence-corrected chi connectivity index (χ3v) is 5.76. The smallest absolute Gasteiger partial charge is 0.330 e. The van der Waals surface area contributed by atoms with E-state index in [-0.39, 0.29) is 35.1 Å². The molecule has 4 atom stereocenters. The van der Waals surface area contributed by atoms with Crippen LogP contribution in [-0.2, 0) is 25.3 Å². The molecule has 2 fully saturated rings. The molecule has 1 amide bonds. The summed E-state index contributed by atoms with van der Waals surface area (Å²) < 4.78 is 19.6. The summed E-state index contributed by atoms with van der Waals surface area (Å²) >= 11 is 0. The zero-order chi connectivity index (χ0) is 17.5. The molecule has 0 bridgehead atoms. The number of nitrogens with one attached hydrogen (secondary N) is 1. The Bertz CT molecular complexity index is 539. The fraction of sp³-hybridized carbons (Fsp3) is 0.667. The van der Waals surface area contributed by atoms with Gasteiger partial charge in [-0.25, -0.2) is 9.00 Å². The molecule has 0 aromatic heterocycles. The minimum atomic E-state index is -1.19. The lowest BCUT2D eigenvalue weighted by molar-refractivity contribution is -0.143. The highest BCUT2D eigenvalue weighted by atomic mass is 32.2. The van der Waals surface area contributed by atoms with E-state index in [9.17, 15) is 13.8 Å². The van der Waals surface area contributed by atoms with Crippen molar-refractivity contribution in [1.29, 1.82) is 0 Å². The van der Waals surface area contributed by atoms with Crippen LogP contribution in [0.3, 0.4) is 0 Å². The Morgan fingerprint density at radius 1 is 1.38 bits per heavy atom. The largest absolute Gasteiger partial charge is 0.459 e. The molecule has 5 nitrogen and oxygen atoms in total. The number of hydrogen-bond donors (Lipinski definition) is 1. The Hall–Kier alpha value is -1.43. The summed E-state index contributed by atoms with van der Waals surface area (Å²) in [7, 11) is -1.19. The summed E-state index contributed by atoms with van der Waals surface area (Å²) in [5.41, 5.74) is 0. The van der Waals surface area contributed by atoms with Gasteiger partial charge >= 0.3 is 5.97 Å². The molecule has 0 aliphatic heterocycles. The van der Waals surface area contributed by atoms with Gasteiger partial charge in [0.05, 0.1) is 5.25 Å². The van der Waals surface area contributed by atoms with Gasteiger partial charge in [0.15, 0.2) is 0 Å².